The molecule has 2 aliphatic rings. The molecule has 0 aromatic carbocycles. The Morgan fingerprint density at radius 2 is 0.984 bits per heavy atom. The predicted molar refractivity (Wildman–Crippen MR) is 222 cm³/mol. The Morgan fingerprint density at radius 1 is 0.541 bits per heavy atom. The molecule has 0 radical (unpaired) electrons. The lowest BCUT2D eigenvalue weighted by Crippen LogP contribution is -2.55. The molecule has 19 nitrogen and oxygen atoms in total. The average molecular weight is 879 g/mol. The number of carbonyl (C=O) groups excluding carboxylic acids is 4. The van der Waals surface area contributed by atoms with Crippen molar-refractivity contribution in [1.82, 2.24) is 21.3 Å². The van der Waals surface area contributed by atoms with E-state index in [1.807, 2.05) is 0 Å². The van der Waals surface area contributed by atoms with Crippen molar-refractivity contribution in [2.24, 2.45) is 11.8 Å². The predicted octanol–water partition coefficient (Wildman–Crippen LogP) is -0.109. The molecule has 2 aliphatic heterocycles. The highest BCUT2D eigenvalue weighted by Crippen LogP contribution is 2.28. The second-order valence-electron chi connectivity index (χ2n) is 16.3. The largest absolute Gasteiger partial charge is 0.394 e. The SMILES string of the molecule is COCCCNC(=O)CCCCCNC(=O)[C@H](CCCCNC(=O)CCCCCOC1OC(CO)C(O)C(O)C1C)NC(=O)CCCCCOC1OC(CO)C(O)C(O)C1C. The standard InChI is InChI=1S/C42H78N4O15/c1-28-36(52)38(54)31(26-47)60-41(28)58-24-13-5-8-18-33(49)43-20-12-10-16-30(40(56)45-21-11-4-7-17-34(50)44-22-15-23-57-3)46-35(51)19-9-6-14-25-59-42-29(2)37(53)39(55)32(27-48)61-42/h28-32,36-39,41-42,47-48,52-55H,4-27H2,1-3H3,(H,43,49)(H,44,50)(H,45,56)(H,46,51)/t28?,29?,30-,31?,32?,36?,37?,38?,39?,41?,42?/m0/s1. The summed E-state index contributed by atoms with van der Waals surface area (Å²) in [4.78, 5) is 50.6. The van der Waals surface area contributed by atoms with Gasteiger partial charge in [-0.2, -0.15) is 0 Å². The molecule has 0 spiro atoms. The van der Waals surface area contributed by atoms with Crippen molar-refractivity contribution in [3.05, 3.63) is 0 Å². The molecule has 2 heterocycles. The van der Waals surface area contributed by atoms with Gasteiger partial charge in [0.25, 0.3) is 0 Å². The van der Waals surface area contributed by atoms with Crippen molar-refractivity contribution in [2.45, 2.75) is 172 Å². The summed E-state index contributed by atoms with van der Waals surface area (Å²) < 4.78 is 27.6. The van der Waals surface area contributed by atoms with Gasteiger partial charge in [0.2, 0.25) is 23.6 Å². The van der Waals surface area contributed by atoms with Crippen molar-refractivity contribution in [2.75, 3.05) is 59.8 Å². The molecule has 2 fully saturated rings. The van der Waals surface area contributed by atoms with Crippen LogP contribution in [0.1, 0.15) is 117 Å². The Bertz CT molecular complexity index is 1220. The van der Waals surface area contributed by atoms with Crippen LogP contribution >= 0.6 is 0 Å². The van der Waals surface area contributed by atoms with Crippen LogP contribution < -0.4 is 21.3 Å². The second kappa shape index (κ2) is 32.2. The minimum atomic E-state index is -1.20. The van der Waals surface area contributed by atoms with E-state index in [1.165, 1.54) is 0 Å². The molecule has 19 heteroatoms. The smallest absolute Gasteiger partial charge is 0.242 e. The first kappa shape index (κ1) is 54.6. The number of carbonyl (C=O) groups is 4. The summed E-state index contributed by atoms with van der Waals surface area (Å²) in [7, 11) is 1.62. The van der Waals surface area contributed by atoms with Crippen LogP contribution in [0.15, 0.2) is 0 Å². The van der Waals surface area contributed by atoms with E-state index < -0.39 is 80.3 Å². The van der Waals surface area contributed by atoms with Gasteiger partial charge in [-0.3, -0.25) is 19.2 Å². The molecular weight excluding hydrogens is 800 g/mol. The summed E-state index contributed by atoms with van der Waals surface area (Å²) in [6.07, 6.45) is 1.41. The summed E-state index contributed by atoms with van der Waals surface area (Å²) in [5.41, 5.74) is 0. The third kappa shape index (κ3) is 21.6. The molecule has 11 atom stereocenters. The third-order valence-electron chi connectivity index (χ3n) is 11.2. The van der Waals surface area contributed by atoms with Gasteiger partial charge < -0.3 is 75.6 Å². The monoisotopic (exact) mass is 879 g/mol. The highest BCUT2D eigenvalue weighted by atomic mass is 16.7. The molecule has 0 aromatic rings. The van der Waals surface area contributed by atoms with E-state index in [4.69, 9.17) is 23.7 Å². The van der Waals surface area contributed by atoms with Crippen LogP contribution in [0.25, 0.3) is 0 Å². The average Bonchev–Trinajstić information content (AvgIpc) is 3.25. The van der Waals surface area contributed by atoms with Crippen molar-refractivity contribution in [1.29, 1.82) is 0 Å². The van der Waals surface area contributed by atoms with Crippen molar-refractivity contribution in [3.63, 3.8) is 0 Å². The zero-order valence-corrected chi connectivity index (χ0v) is 36.7. The molecule has 61 heavy (non-hydrogen) atoms. The van der Waals surface area contributed by atoms with Gasteiger partial charge in [-0.1, -0.05) is 33.1 Å². The Balaban J connectivity index is 1.69. The number of nitrogens with one attached hydrogen (secondary N) is 4. The van der Waals surface area contributed by atoms with Gasteiger partial charge in [0, 0.05) is 77.7 Å². The minimum absolute atomic E-state index is 0.0121. The first-order chi connectivity index (χ1) is 29.3. The van der Waals surface area contributed by atoms with E-state index >= 15 is 0 Å². The zero-order valence-electron chi connectivity index (χ0n) is 36.7. The second-order valence-corrected chi connectivity index (χ2v) is 16.3. The maximum absolute atomic E-state index is 13.2. The number of hydrogen-bond acceptors (Lipinski definition) is 15. The Morgan fingerprint density at radius 3 is 1.48 bits per heavy atom. The van der Waals surface area contributed by atoms with E-state index in [2.05, 4.69) is 21.3 Å². The maximum atomic E-state index is 13.2. The summed E-state index contributed by atoms with van der Waals surface area (Å²) >= 11 is 0. The fourth-order valence-corrected chi connectivity index (χ4v) is 7.13. The summed E-state index contributed by atoms with van der Waals surface area (Å²) in [6.45, 7) is 5.16. The van der Waals surface area contributed by atoms with Crippen LogP contribution in [0.4, 0.5) is 0 Å². The normalized spacial score (nSPS) is 27.0. The molecule has 0 bridgehead atoms. The minimum Gasteiger partial charge on any atom is -0.394 e. The van der Waals surface area contributed by atoms with E-state index in [0.29, 0.717) is 117 Å². The molecule has 0 saturated carbocycles. The molecule has 10 unspecified atom stereocenters. The van der Waals surface area contributed by atoms with Crippen LogP contribution in [0.5, 0.6) is 0 Å². The summed E-state index contributed by atoms with van der Waals surface area (Å²) in [5.74, 6) is -1.59. The van der Waals surface area contributed by atoms with Gasteiger partial charge in [-0.25, -0.2) is 0 Å². The first-order valence-electron chi connectivity index (χ1n) is 22.4. The van der Waals surface area contributed by atoms with Crippen LogP contribution in [-0.4, -0.2) is 169 Å². The van der Waals surface area contributed by atoms with Gasteiger partial charge in [-0.15, -0.1) is 0 Å². The fraction of sp³-hybridized carbons (Fsp3) is 0.905. The Kier molecular flexibility index (Phi) is 28.8. The third-order valence-corrected chi connectivity index (χ3v) is 11.2. The van der Waals surface area contributed by atoms with E-state index in [0.717, 1.165) is 19.3 Å². The van der Waals surface area contributed by atoms with Gasteiger partial charge >= 0.3 is 0 Å². The van der Waals surface area contributed by atoms with Crippen LogP contribution in [0.2, 0.25) is 0 Å². The molecule has 10 N–H and O–H groups in total. The number of hydrogen-bond donors (Lipinski definition) is 10. The fourth-order valence-electron chi connectivity index (χ4n) is 7.13. The molecule has 2 saturated heterocycles. The van der Waals surface area contributed by atoms with Gasteiger partial charge in [0.05, 0.1) is 25.4 Å². The van der Waals surface area contributed by atoms with Crippen LogP contribution in [0, 0.1) is 11.8 Å². The number of unbranched alkanes of at least 4 members (excludes halogenated alkanes) is 7. The van der Waals surface area contributed by atoms with E-state index in [1.54, 1.807) is 21.0 Å². The molecular formula is C42H78N4O15. The van der Waals surface area contributed by atoms with Crippen molar-refractivity contribution < 1.29 is 73.5 Å². The lowest BCUT2D eigenvalue weighted by atomic mass is 9.92. The number of rotatable bonds is 33. The van der Waals surface area contributed by atoms with Gasteiger partial charge in [-0.05, 0) is 64.2 Å². The molecule has 356 valence electrons. The summed E-state index contributed by atoms with van der Waals surface area (Å²) in [6, 6.07) is -0.748. The number of amides is 4. The van der Waals surface area contributed by atoms with Gasteiger partial charge in [0.1, 0.15) is 30.5 Å². The lowest BCUT2D eigenvalue weighted by molar-refractivity contribution is -0.282. The molecule has 0 aromatic heterocycles. The number of aliphatic hydroxyl groups excluding tert-OH is 6. The number of methoxy groups -OCH3 is 1. The van der Waals surface area contributed by atoms with Crippen LogP contribution in [0.3, 0.4) is 0 Å². The number of aliphatic hydroxyl groups is 6. The molecule has 4 amide bonds. The van der Waals surface area contributed by atoms with E-state index in [9.17, 15) is 49.8 Å². The van der Waals surface area contributed by atoms with Gasteiger partial charge in [0.15, 0.2) is 12.6 Å². The maximum Gasteiger partial charge on any atom is 0.242 e. The topological polar surface area (TPSA) is 284 Å². The highest BCUT2D eigenvalue weighted by molar-refractivity contribution is 5.87. The Hall–Kier alpha value is -2.56. The van der Waals surface area contributed by atoms with Crippen LogP contribution in [-0.2, 0) is 42.9 Å². The lowest BCUT2D eigenvalue weighted by Gasteiger charge is -2.40. The van der Waals surface area contributed by atoms with E-state index in [-0.39, 0.29) is 30.0 Å². The number of ether oxygens (including phenoxy) is 5. The summed E-state index contributed by atoms with van der Waals surface area (Å²) in [5, 5.41) is 70.8. The molecule has 0 aliphatic carbocycles. The quantitative estimate of drug-likeness (QED) is 0.0385. The molecule has 2 rings (SSSR count). The first-order valence-corrected chi connectivity index (χ1v) is 22.4. The zero-order chi connectivity index (χ0) is 45.0. The van der Waals surface area contributed by atoms with Crippen molar-refractivity contribution >= 4 is 23.6 Å². The Labute approximate surface area is 361 Å². The van der Waals surface area contributed by atoms with Crippen molar-refractivity contribution in [3.8, 4) is 0 Å². The highest BCUT2D eigenvalue weighted by Gasteiger charge is 2.43.